The number of benzene rings is 1. The Hall–Kier alpha value is -1.72. The first kappa shape index (κ1) is 14.2. The summed E-state index contributed by atoms with van der Waals surface area (Å²) >= 11 is 1.45. The van der Waals surface area contributed by atoms with Gasteiger partial charge in [0, 0.05) is 24.0 Å². The van der Waals surface area contributed by atoms with Crippen LogP contribution in [0.15, 0.2) is 36.4 Å². The van der Waals surface area contributed by atoms with Crippen molar-refractivity contribution in [3.63, 3.8) is 0 Å². The van der Waals surface area contributed by atoms with Crippen LogP contribution in [0.25, 0.3) is 10.4 Å². The van der Waals surface area contributed by atoms with Crippen LogP contribution in [0.1, 0.15) is 22.5 Å². The third-order valence-electron chi connectivity index (χ3n) is 3.77. The van der Waals surface area contributed by atoms with Crippen LogP contribution in [0.2, 0.25) is 0 Å². The Morgan fingerprint density at radius 3 is 2.48 bits per heavy atom. The summed E-state index contributed by atoms with van der Waals surface area (Å²) in [5.41, 5.74) is 6.79. The molecule has 0 saturated carbocycles. The van der Waals surface area contributed by atoms with Crippen molar-refractivity contribution in [3.05, 3.63) is 47.1 Å². The van der Waals surface area contributed by atoms with E-state index in [4.69, 9.17) is 5.73 Å². The maximum Gasteiger partial charge on any atom is 0.263 e. The van der Waals surface area contributed by atoms with E-state index in [-0.39, 0.29) is 17.8 Å². The van der Waals surface area contributed by atoms with Gasteiger partial charge in [0.25, 0.3) is 5.91 Å². The number of thiophene rings is 1. The number of likely N-dealkylation sites (tertiary alicyclic amines) is 1. The number of nitrogens with zero attached hydrogens (tertiary/aromatic N) is 1. The van der Waals surface area contributed by atoms with E-state index in [2.05, 4.69) is 0 Å². The molecule has 3 rings (SSSR count). The Balaban J connectivity index is 1.75. The topological polar surface area (TPSA) is 46.3 Å². The predicted molar refractivity (Wildman–Crippen MR) is 82.8 cm³/mol. The second kappa shape index (κ2) is 5.95. The standard InChI is InChI=1S/C16H17FN2OS/c17-12-3-1-11(2-4-12)14-5-6-15(21-14)16(20)19-9-7-13(18)8-10-19/h1-6,13H,7-10,18H2. The zero-order valence-corrected chi connectivity index (χ0v) is 12.4. The molecule has 21 heavy (non-hydrogen) atoms. The Morgan fingerprint density at radius 2 is 1.81 bits per heavy atom. The van der Waals surface area contributed by atoms with Crippen LogP contribution in [-0.2, 0) is 0 Å². The molecule has 0 radical (unpaired) electrons. The molecule has 3 nitrogen and oxygen atoms in total. The van der Waals surface area contributed by atoms with Gasteiger partial charge in [-0.1, -0.05) is 12.1 Å². The first-order valence-corrected chi connectivity index (χ1v) is 7.86. The van der Waals surface area contributed by atoms with Crippen molar-refractivity contribution in [3.8, 4) is 10.4 Å². The minimum absolute atomic E-state index is 0.0697. The fourth-order valence-electron chi connectivity index (χ4n) is 2.48. The number of hydrogen-bond acceptors (Lipinski definition) is 3. The molecule has 1 amide bonds. The Kier molecular flexibility index (Phi) is 4.03. The van der Waals surface area contributed by atoms with E-state index in [1.165, 1.54) is 23.5 Å². The van der Waals surface area contributed by atoms with Gasteiger partial charge in [-0.2, -0.15) is 0 Å². The van der Waals surface area contributed by atoms with E-state index in [0.717, 1.165) is 41.2 Å². The van der Waals surface area contributed by atoms with Crippen LogP contribution in [0.4, 0.5) is 4.39 Å². The molecule has 1 aromatic heterocycles. The van der Waals surface area contributed by atoms with E-state index in [1.807, 2.05) is 17.0 Å². The van der Waals surface area contributed by atoms with Crippen LogP contribution in [-0.4, -0.2) is 29.9 Å². The molecule has 2 heterocycles. The van der Waals surface area contributed by atoms with Crippen LogP contribution < -0.4 is 5.73 Å². The van der Waals surface area contributed by atoms with Crippen molar-refractivity contribution < 1.29 is 9.18 Å². The number of hydrogen-bond donors (Lipinski definition) is 1. The summed E-state index contributed by atoms with van der Waals surface area (Å²) in [5, 5.41) is 0. The quantitative estimate of drug-likeness (QED) is 0.926. The number of rotatable bonds is 2. The summed E-state index contributed by atoms with van der Waals surface area (Å²) in [6, 6.07) is 10.3. The summed E-state index contributed by atoms with van der Waals surface area (Å²) in [6.45, 7) is 1.45. The van der Waals surface area contributed by atoms with Gasteiger partial charge in [0.05, 0.1) is 4.88 Å². The fourth-order valence-corrected chi connectivity index (χ4v) is 3.46. The molecule has 0 bridgehead atoms. The summed E-state index contributed by atoms with van der Waals surface area (Å²) < 4.78 is 12.9. The third kappa shape index (κ3) is 3.14. The van der Waals surface area contributed by atoms with Crippen LogP contribution in [0.5, 0.6) is 0 Å². The summed E-state index contributed by atoms with van der Waals surface area (Å²) in [4.78, 5) is 16.0. The van der Waals surface area contributed by atoms with Crippen molar-refractivity contribution in [2.45, 2.75) is 18.9 Å². The number of carbonyl (C=O) groups is 1. The predicted octanol–water partition coefficient (Wildman–Crippen LogP) is 3.12. The highest BCUT2D eigenvalue weighted by molar-refractivity contribution is 7.17. The fraction of sp³-hybridized carbons (Fsp3) is 0.312. The molecule has 0 aliphatic carbocycles. The van der Waals surface area contributed by atoms with Gasteiger partial charge >= 0.3 is 0 Å². The van der Waals surface area contributed by atoms with E-state index in [1.54, 1.807) is 12.1 Å². The number of carbonyl (C=O) groups excluding carboxylic acids is 1. The first-order valence-electron chi connectivity index (χ1n) is 7.04. The molecule has 2 N–H and O–H groups in total. The van der Waals surface area contributed by atoms with Gasteiger partial charge in [0.15, 0.2) is 0 Å². The maximum atomic E-state index is 12.9. The largest absolute Gasteiger partial charge is 0.338 e. The lowest BCUT2D eigenvalue weighted by molar-refractivity contribution is 0.0719. The van der Waals surface area contributed by atoms with Crippen molar-refractivity contribution in [1.29, 1.82) is 0 Å². The van der Waals surface area contributed by atoms with Crippen molar-refractivity contribution in [2.75, 3.05) is 13.1 Å². The van der Waals surface area contributed by atoms with Crippen molar-refractivity contribution in [1.82, 2.24) is 4.90 Å². The second-order valence-electron chi connectivity index (χ2n) is 5.30. The van der Waals surface area contributed by atoms with E-state index in [9.17, 15) is 9.18 Å². The van der Waals surface area contributed by atoms with Gasteiger partial charge in [-0.3, -0.25) is 4.79 Å². The molecule has 0 spiro atoms. The molecule has 110 valence electrons. The highest BCUT2D eigenvalue weighted by Crippen LogP contribution is 2.29. The average Bonchev–Trinajstić information content (AvgIpc) is 2.98. The Morgan fingerprint density at radius 1 is 1.14 bits per heavy atom. The van der Waals surface area contributed by atoms with Crippen molar-refractivity contribution >= 4 is 17.2 Å². The summed E-state index contributed by atoms with van der Waals surface area (Å²) in [5.74, 6) is -0.184. The zero-order chi connectivity index (χ0) is 14.8. The molecular formula is C16H17FN2OS. The number of nitrogens with two attached hydrogens (primary N) is 1. The van der Waals surface area contributed by atoms with Gasteiger partial charge in [-0.05, 0) is 42.7 Å². The highest BCUT2D eigenvalue weighted by atomic mass is 32.1. The average molecular weight is 304 g/mol. The first-order chi connectivity index (χ1) is 10.1. The third-order valence-corrected chi connectivity index (χ3v) is 4.89. The molecule has 1 saturated heterocycles. The molecule has 0 unspecified atom stereocenters. The van der Waals surface area contributed by atoms with Crippen LogP contribution >= 0.6 is 11.3 Å². The van der Waals surface area contributed by atoms with Gasteiger partial charge < -0.3 is 10.6 Å². The van der Waals surface area contributed by atoms with Crippen molar-refractivity contribution in [2.24, 2.45) is 5.73 Å². The van der Waals surface area contributed by atoms with Gasteiger partial charge in [-0.25, -0.2) is 4.39 Å². The minimum Gasteiger partial charge on any atom is -0.338 e. The Labute approximate surface area is 127 Å². The van der Waals surface area contributed by atoms with Gasteiger partial charge in [0.1, 0.15) is 5.82 Å². The highest BCUT2D eigenvalue weighted by Gasteiger charge is 2.22. The number of halogens is 1. The molecule has 5 heteroatoms. The number of piperidine rings is 1. The summed E-state index contributed by atoms with van der Waals surface area (Å²) in [6.07, 6.45) is 1.73. The molecular weight excluding hydrogens is 287 g/mol. The minimum atomic E-state index is -0.253. The zero-order valence-electron chi connectivity index (χ0n) is 11.6. The normalized spacial score (nSPS) is 16.2. The van der Waals surface area contributed by atoms with Crippen LogP contribution in [0.3, 0.4) is 0 Å². The van der Waals surface area contributed by atoms with Gasteiger partial charge in [-0.15, -0.1) is 11.3 Å². The van der Waals surface area contributed by atoms with E-state index in [0.29, 0.717) is 0 Å². The lowest BCUT2D eigenvalue weighted by atomic mass is 10.1. The number of amides is 1. The Bertz CT molecular complexity index is 630. The molecule has 1 aliphatic rings. The summed E-state index contributed by atoms with van der Waals surface area (Å²) in [7, 11) is 0. The van der Waals surface area contributed by atoms with Crippen LogP contribution in [0, 0.1) is 5.82 Å². The molecule has 1 fully saturated rings. The molecule has 1 aromatic carbocycles. The lowest BCUT2D eigenvalue weighted by Gasteiger charge is -2.29. The van der Waals surface area contributed by atoms with E-state index >= 15 is 0 Å². The monoisotopic (exact) mass is 304 g/mol. The smallest absolute Gasteiger partial charge is 0.263 e. The second-order valence-corrected chi connectivity index (χ2v) is 6.38. The SMILES string of the molecule is NC1CCN(C(=O)c2ccc(-c3ccc(F)cc3)s2)CC1. The lowest BCUT2D eigenvalue weighted by Crippen LogP contribution is -2.42. The van der Waals surface area contributed by atoms with Gasteiger partial charge in [0.2, 0.25) is 0 Å². The molecule has 0 atom stereocenters. The molecule has 2 aromatic rings. The molecule has 1 aliphatic heterocycles. The maximum absolute atomic E-state index is 12.9. The van der Waals surface area contributed by atoms with E-state index < -0.39 is 0 Å².